The van der Waals surface area contributed by atoms with Crippen LogP contribution in [-0.2, 0) is 11.2 Å². The maximum Gasteiger partial charge on any atom is 0.242 e. The number of nitrogens with one attached hydrogen (secondary N) is 2. The predicted octanol–water partition coefficient (Wildman–Crippen LogP) is 0.921. The molecule has 1 radical (unpaired) electrons. The molecule has 0 saturated carbocycles. The number of piperidine rings is 1. The van der Waals surface area contributed by atoms with Gasteiger partial charge < -0.3 is 10.4 Å². The molecule has 1 unspecified atom stereocenters. The summed E-state index contributed by atoms with van der Waals surface area (Å²) in [5.41, 5.74) is 9.87. The Morgan fingerprint density at radius 1 is 1.32 bits per heavy atom. The van der Waals surface area contributed by atoms with Gasteiger partial charge in [0.1, 0.15) is 0 Å². The second kappa shape index (κ2) is 4.83. The van der Waals surface area contributed by atoms with Gasteiger partial charge in [-0.2, -0.15) is 0 Å². The second-order valence-corrected chi connectivity index (χ2v) is 5.32. The Balaban J connectivity index is 1.80. The molecule has 0 bridgehead atoms. The van der Waals surface area contributed by atoms with Crippen LogP contribution in [0.5, 0.6) is 0 Å². The van der Waals surface area contributed by atoms with Crippen LogP contribution in [0.4, 0.5) is 11.4 Å². The number of carbonyl (C=O) groups is 1. The maximum absolute atomic E-state index is 12.2. The zero-order chi connectivity index (χ0) is 13.4. The van der Waals surface area contributed by atoms with Crippen LogP contribution in [0.25, 0.3) is 0 Å². The van der Waals surface area contributed by atoms with E-state index in [4.69, 9.17) is 5.73 Å². The molecule has 2 aliphatic rings. The smallest absolute Gasteiger partial charge is 0.242 e. The quantitative estimate of drug-likeness (QED) is 0.788. The molecule has 5 nitrogen and oxygen atoms in total. The van der Waals surface area contributed by atoms with Crippen LogP contribution in [0, 0.1) is 0 Å². The third-order valence-electron chi connectivity index (χ3n) is 4.05. The third-order valence-corrected chi connectivity index (χ3v) is 4.05. The zero-order valence-corrected chi connectivity index (χ0v) is 10.7. The molecule has 3 N–H and O–H groups in total. The van der Waals surface area contributed by atoms with E-state index in [1.807, 2.05) is 12.1 Å². The van der Waals surface area contributed by atoms with Crippen LogP contribution in [0.15, 0.2) is 18.2 Å². The van der Waals surface area contributed by atoms with Gasteiger partial charge in [-0.25, -0.2) is 0 Å². The number of aliphatic hydroxyl groups is 1. The SMILES string of the molecule is [NH]c1cccc2c1NC(=O)C(N1CCC(O)CC1)C2. The van der Waals surface area contributed by atoms with Crippen molar-refractivity contribution in [3.8, 4) is 0 Å². The highest BCUT2D eigenvalue weighted by Gasteiger charge is 2.33. The lowest BCUT2D eigenvalue weighted by atomic mass is 9.95. The number of likely N-dealkylation sites (tertiary alicyclic amines) is 1. The third kappa shape index (κ3) is 2.31. The van der Waals surface area contributed by atoms with Crippen LogP contribution >= 0.6 is 0 Å². The van der Waals surface area contributed by atoms with Crippen molar-refractivity contribution in [2.75, 3.05) is 18.4 Å². The minimum atomic E-state index is -0.227. The number of carbonyl (C=O) groups excluding carboxylic acids is 1. The van der Waals surface area contributed by atoms with Crippen LogP contribution in [0.2, 0.25) is 0 Å². The molecule has 101 valence electrons. The van der Waals surface area contributed by atoms with Crippen molar-refractivity contribution in [2.24, 2.45) is 0 Å². The monoisotopic (exact) mass is 260 g/mol. The van der Waals surface area contributed by atoms with Crippen LogP contribution in [0.1, 0.15) is 18.4 Å². The van der Waals surface area contributed by atoms with Crippen molar-refractivity contribution in [3.63, 3.8) is 0 Å². The van der Waals surface area contributed by atoms with Gasteiger partial charge in [-0.05, 0) is 30.9 Å². The first-order valence-corrected chi connectivity index (χ1v) is 6.71. The van der Waals surface area contributed by atoms with E-state index in [0.717, 1.165) is 31.5 Å². The fourth-order valence-electron chi connectivity index (χ4n) is 2.92. The van der Waals surface area contributed by atoms with E-state index in [1.54, 1.807) is 6.07 Å². The van der Waals surface area contributed by atoms with Crippen molar-refractivity contribution in [1.29, 1.82) is 0 Å². The molecule has 2 heterocycles. The van der Waals surface area contributed by atoms with Gasteiger partial charge >= 0.3 is 0 Å². The van der Waals surface area contributed by atoms with Crippen molar-refractivity contribution in [3.05, 3.63) is 23.8 Å². The number of fused-ring (bicyclic) bond motifs is 1. The van der Waals surface area contributed by atoms with Gasteiger partial charge in [0.05, 0.1) is 23.5 Å². The average Bonchev–Trinajstić information content (AvgIpc) is 2.40. The van der Waals surface area contributed by atoms with E-state index >= 15 is 0 Å². The Bertz CT molecular complexity index is 495. The highest BCUT2D eigenvalue weighted by atomic mass is 16.3. The van der Waals surface area contributed by atoms with E-state index in [9.17, 15) is 9.90 Å². The number of aliphatic hydroxyl groups excluding tert-OH is 1. The van der Waals surface area contributed by atoms with E-state index in [2.05, 4.69) is 10.2 Å². The second-order valence-electron chi connectivity index (χ2n) is 5.32. The van der Waals surface area contributed by atoms with E-state index in [0.29, 0.717) is 17.8 Å². The minimum Gasteiger partial charge on any atom is -0.393 e. The van der Waals surface area contributed by atoms with Gasteiger partial charge in [0.25, 0.3) is 0 Å². The lowest BCUT2D eigenvalue weighted by Crippen LogP contribution is -2.51. The lowest BCUT2D eigenvalue weighted by Gasteiger charge is -2.37. The topological polar surface area (TPSA) is 76.4 Å². The fraction of sp³-hybridized carbons (Fsp3) is 0.500. The molecule has 5 heteroatoms. The molecule has 1 saturated heterocycles. The number of rotatable bonds is 1. The Labute approximate surface area is 112 Å². The van der Waals surface area contributed by atoms with E-state index in [-0.39, 0.29) is 18.1 Å². The maximum atomic E-state index is 12.2. The number of amides is 1. The Kier molecular flexibility index (Phi) is 3.16. The van der Waals surface area contributed by atoms with Crippen molar-refractivity contribution in [1.82, 2.24) is 10.6 Å². The standard InChI is InChI=1S/C14H18N3O2/c15-11-3-1-2-9-8-12(14(19)16-13(9)11)17-6-4-10(18)5-7-17/h1-3,10,12,15,18H,4-8H2,(H,16,19). The molecule has 2 aliphatic heterocycles. The largest absolute Gasteiger partial charge is 0.393 e. The molecular formula is C14H18N3O2. The molecule has 3 rings (SSSR count). The number of para-hydroxylation sites is 1. The first kappa shape index (κ1) is 12.4. The molecule has 1 aromatic rings. The summed E-state index contributed by atoms with van der Waals surface area (Å²) in [6, 6.07) is 5.35. The first-order chi connectivity index (χ1) is 9.15. The summed E-state index contributed by atoms with van der Waals surface area (Å²) in [5, 5.41) is 12.4. The molecule has 0 spiro atoms. The molecular weight excluding hydrogens is 242 g/mol. The van der Waals surface area contributed by atoms with Gasteiger partial charge in [-0.15, -0.1) is 0 Å². The van der Waals surface area contributed by atoms with Gasteiger partial charge in [0, 0.05) is 13.1 Å². The van der Waals surface area contributed by atoms with E-state index < -0.39 is 0 Å². The van der Waals surface area contributed by atoms with Gasteiger partial charge in [0.2, 0.25) is 5.91 Å². The number of anilines is 1. The summed E-state index contributed by atoms with van der Waals surface area (Å²) in [5.74, 6) is -0.0245. The number of benzene rings is 1. The van der Waals surface area contributed by atoms with Crippen molar-refractivity contribution < 1.29 is 9.90 Å². The molecule has 1 aromatic carbocycles. The van der Waals surface area contributed by atoms with E-state index in [1.165, 1.54) is 0 Å². The number of nitrogens with zero attached hydrogens (tertiary/aromatic N) is 1. The molecule has 0 aliphatic carbocycles. The summed E-state index contributed by atoms with van der Waals surface area (Å²) >= 11 is 0. The van der Waals surface area contributed by atoms with Crippen molar-refractivity contribution >= 4 is 17.3 Å². The Morgan fingerprint density at radius 3 is 2.79 bits per heavy atom. The summed E-state index contributed by atoms with van der Waals surface area (Å²) in [4.78, 5) is 14.3. The Hall–Kier alpha value is -1.59. The van der Waals surface area contributed by atoms with Crippen LogP contribution in [0.3, 0.4) is 0 Å². The van der Waals surface area contributed by atoms with Gasteiger partial charge in [0.15, 0.2) is 0 Å². The lowest BCUT2D eigenvalue weighted by molar-refractivity contribution is -0.122. The van der Waals surface area contributed by atoms with Gasteiger partial charge in [-0.3, -0.25) is 15.4 Å². The highest BCUT2D eigenvalue weighted by Crippen LogP contribution is 2.31. The van der Waals surface area contributed by atoms with Gasteiger partial charge in [-0.1, -0.05) is 12.1 Å². The molecule has 1 amide bonds. The first-order valence-electron chi connectivity index (χ1n) is 6.71. The molecule has 1 atom stereocenters. The summed E-state index contributed by atoms with van der Waals surface area (Å²) in [6.07, 6.45) is 1.89. The average molecular weight is 260 g/mol. The van der Waals surface area contributed by atoms with Crippen LogP contribution < -0.4 is 11.1 Å². The minimum absolute atomic E-state index is 0.0245. The van der Waals surface area contributed by atoms with Crippen LogP contribution in [-0.4, -0.2) is 41.1 Å². The Morgan fingerprint density at radius 2 is 2.05 bits per heavy atom. The fourth-order valence-corrected chi connectivity index (χ4v) is 2.92. The number of hydrogen-bond acceptors (Lipinski definition) is 3. The summed E-state index contributed by atoms with van der Waals surface area (Å²) < 4.78 is 0. The molecule has 0 aromatic heterocycles. The number of hydrogen-bond donors (Lipinski definition) is 2. The zero-order valence-electron chi connectivity index (χ0n) is 10.7. The predicted molar refractivity (Wildman–Crippen MR) is 72.1 cm³/mol. The summed E-state index contributed by atoms with van der Waals surface area (Å²) in [6.45, 7) is 1.52. The highest BCUT2D eigenvalue weighted by molar-refractivity contribution is 6.00. The molecule has 19 heavy (non-hydrogen) atoms. The molecule has 1 fully saturated rings. The normalized spacial score (nSPS) is 24.9. The summed E-state index contributed by atoms with van der Waals surface area (Å²) in [7, 11) is 0. The van der Waals surface area contributed by atoms with Crippen molar-refractivity contribution in [2.45, 2.75) is 31.4 Å².